The number of hydrogen-bond donors (Lipinski definition) is 0. The first-order chi connectivity index (χ1) is 4.61. The Kier molecular flexibility index (Phi) is 3.10. The Morgan fingerprint density at radius 1 is 1.20 bits per heavy atom. The maximum atomic E-state index is 5.74. The summed E-state index contributed by atoms with van der Waals surface area (Å²) in [7, 11) is 17.2. The Morgan fingerprint density at radius 3 is 2.20 bits per heavy atom. The van der Waals surface area contributed by atoms with Gasteiger partial charge in [-0.05, 0) is 0 Å². The fourth-order valence-electron chi connectivity index (χ4n) is 0.530. The third kappa shape index (κ3) is 2.46. The fraction of sp³-hybridized carbons (Fsp3) is 0. The molecule has 0 spiro atoms. The summed E-state index contributed by atoms with van der Waals surface area (Å²) >= 11 is -3.41. The molecule has 54 valence electrons. The molecule has 0 amide bonds. The van der Waals surface area contributed by atoms with Crippen molar-refractivity contribution in [2.24, 2.45) is 0 Å². The third-order valence-corrected chi connectivity index (χ3v) is 7.35. The molecule has 0 N–H and O–H groups in total. The molecule has 10 heavy (non-hydrogen) atoms. The van der Waals surface area contributed by atoms with Crippen molar-refractivity contribution in [3.63, 3.8) is 0 Å². The van der Waals surface area contributed by atoms with Crippen molar-refractivity contribution in [3.8, 4) is 0 Å². The molecular weight excluding hydrogens is 299 g/mol. The van der Waals surface area contributed by atoms with Crippen molar-refractivity contribution in [3.05, 3.63) is 24.4 Å². The van der Waals surface area contributed by atoms with E-state index in [1.54, 1.807) is 18.3 Å². The molecule has 0 aromatic carbocycles. The first-order valence-electron chi connectivity index (χ1n) is 2.59. The van der Waals surface area contributed by atoms with Gasteiger partial charge in [-0.3, -0.25) is 0 Å². The Hall–Kier alpha value is 0.819. The minimum absolute atomic E-state index is 0.654. The van der Waals surface area contributed by atoms with E-state index in [9.17, 15) is 0 Å². The van der Waals surface area contributed by atoms with E-state index < -0.39 is 15.0 Å². The van der Waals surface area contributed by atoms with E-state index in [0.717, 1.165) is 0 Å². The summed E-state index contributed by atoms with van der Waals surface area (Å²) < 4.78 is 0.654. The van der Waals surface area contributed by atoms with Crippen LogP contribution in [0.5, 0.6) is 0 Å². The zero-order valence-corrected chi connectivity index (χ0v) is 10.0. The van der Waals surface area contributed by atoms with Crippen LogP contribution in [-0.4, -0.2) is 20.0 Å². The normalized spacial score (nSPS) is 11.5. The summed E-state index contributed by atoms with van der Waals surface area (Å²) in [5.41, 5.74) is 0. The third-order valence-electron chi connectivity index (χ3n) is 0.955. The quantitative estimate of drug-likeness (QED) is 0.723. The zero-order valence-electron chi connectivity index (χ0n) is 4.89. The summed E-state index contributed by atoms with van der Waals surface area (Å²) in [6.07, 6.45) is 1.63. The van der Waals surface area contributed by atoms with Crippen molar-refractivity contribution in [2.75, 3.05) is 0 Å². The molecule has 0 radical (unpaired) electrons. The van der Waals surface area contributed by atoms with Crippen molar-refractivity contribution >= 4 is 45.5 Å². The summed E-state index contributed by atoms with van der Waals surface area (Å²) in [6, 6.07) is 5.37. The Bertz CT molecular complexity index is 208. The van der Waals surface area contributed by atoms with Crippen molar-refractivity contribution in [1.82, 2.24) is 4.98 Å². The van der Waals surface area contributed by atoms with E-state index in [0.29, 0.717) is 3.71 Å². The zero-order chi connectivity index (χ0) is 7.61. The number of hydrogen-bond acceptors (Lipinski definition) is 1. The molecule has 0 bridgehead atoms. The number of rotatable bonds is 1. The van der Waals surface area contributed by atoms with Crippen LogP contribution in [0, 0.1) is 0 Å². The van der Waals surface area contributed by atoms with Crippen LogP contribution in [-0.2, 0) is 0 Å². The number of pyridine rings is 1. The molecule has 0 saturated carbocycles. The van der Waals surface area contributed by atoms with E-state index in [1.807, 2.05) is 6.07 Å². The number of nitrogens with zero attached hydrogens (tertiary/aromatic N) is 1. The molecular formula is C5H4Cl3NSn. The monoisotopic (exact) mass is 303 g/mol. The van der Waals surface area contributed by atoms with E-state index in [-0.39, 0.29) is 0 Å². The molecule has 0 atom stereocenters. The molecule has 5 heteroatoms. The minimum atomic E-state index is -3.41. The second kappa shape index (κ2) is 3.48. The number of halogens is 3. The molecule has 0 saturated heterocycles. The van der Waals surface area contributed by atoms with Crippen molar-refractivity contribution in [2.45, 2.75) is 0 Å². The summed E-state index contributed by atoms with van der Waals surface area (Å²) in [6.45, 7) is 0. The summed E-state index contributed by atoms with van der Waals surface area (Å²) in [5.74, 6) is 0. The van der Waals surface area contributed by atoms with Crippen LogP contribution >= 0.6 is 26.8 Å². The molecule has 0 aliphatic heterocycles. The predicted molar refractivity (Wildman–Crippen MR) is 47.2 cm³/mol. The summed E-state index contributed by atoms with van der Waals surface area (Å²) in [5, 5.41) is 0. The van der Waals surface area contributed by atoms with Gasteiger partial charge >= 0.3 is 74.9 Å². The van der Waals surface area contributed by atoms with Crippen LogP contribution in [0.4, 0.5) is 0 Å². The molecule has 1 aromatic heterocycles. The van der Waals surface area contributed by atoms with E-state index in [1.165, 1.54) is 0 Å². The standard InChI is InChI=1S/C5H4N.3ClH.Sn/c1-2-4-6-5-3-1;;;;/h1-4H;3*1H;/q;;;;+3/p-3. The topological polar surface area (TPSA) is 12.9 Å². The van der Waals surface area contributed by atoms with Gasteiger partial charge < -0.3 is 0 Å². The summed E-state index contributed by atoms with van der Waals surface area (Å²) in [4.78, 5) is 3.95. The van der Waals surface area contributed by atoms with Crippen LogP contribution in [0.25, 0.3) is 0 Å². The SMILES string of the molecule is [Cl][Sn]([Cl])([Cl])[c]1ccccn1. The average molecular weight is 303 g/mol. The first kappa shape index (κ1) is 8.91. The van der Waals surface area contributed by atoms with Crippen LogP contribution < -0.4 is 3.71 Å². The van der Waals surface area contributed by atoms with Gasteiger partial charge in [0.1, 0.15) is 0 Å². The average Bonchev–Trinajstić information content (AvgIpc) is 1.88. The molecule has 0 aliphatic rings. The van der Waals surface area contributed by atoms with Gasteiger partial charge in [0.15, 0.2) is 0 Å². The van der Waals surface area contributed by atoms with Gasteiger partial charge in [0.25, 0.3) is 0 Å². The van der Waals surface area contributed by atoms with Crippen LogP contribution in [0.1, 0.15) is 0 Å². The van der Waals surface area contributed by atoms with Gasteiger partial charge in [-0.25, -0.2) is 0 Å². The molecule has 0 unspecified atom stereocenters. The molecule has 0 fully saturated rings. The molecule has 1 heterocycles. The van der Waals surface area contributed by atoms with Gasteiger partial charge in [0.05, 0.1) is 0 Å². The Labute approximate surface area is 74.3 Å². The van der Waals surface area contributed by atoms with Gasteiger partial charge in [-0.1, -0.05) is 0 Å². The van der Waals surface area contributed by atoms with E-state index >= 15 is 0 Å². The second-order valence-corrected chi connectivity index (χ2v) is 21.3. The second-order valence-electron chi connectivity index (χ2n) is 1.71. The van der Waals surface area contributed by atoms with Crippen LogP contribution in [0.3, 0.4) is 0 Å². The van der Waals surface area contributed by atoms with E-state index in [4.69, 9.17) is 26.8 Å². The van der Waals surface area contributed by atoms with Gasteiger partial charge in [0, 0.05) is 0 Å². The Morgan fingerprint density at radius 2 is 1.90 bits per heavy atom. The molecule has 0 aliphatic carbocycles. The van der Waals surface area contributed by atoms with Crippen LogP contribution in [0.15, 0.2) is 24.4 Å². The maximum absolute atomic E-state index is 5.74. The molecule has 1 rings (SSSR count). The van der Waals surface area contributed by atoms with E-state index in [2.05, 4.69) is 4.98 Å². The van der Waals surface area contributed by atoms with Gasteiger partial charge in [0.2, 0.25) is 0 Å². The van der Waals surface area contributed by atoms with Crippen LogP contribution in [0.2, 0.25) is 0 Å². The van der Waals surface area contributed by atoms with Gasteiger partial charge in [-0.15, -0.1) is 0 Å². The Balaban J connectivity index is 2.97. The molecule has 1 aromatic rings. The molecule has 1 nitrogen and oxygen atoms in total. The predicted octanol–water partition coefficient (Wildman–Crippen LogP) is 1.94. The van der Waals surface area contributed by atoms with Gasteiger partial charge in [-0.2, -0.15) is 0 Å². The first-order valence-corrected chi connectivity index (χ1v) is 14.9. The number of aromatic nitrogens is 1. The fourth-order valence-corrected chi connectivity index (χ4v) is 4.22. The van der Waals surface area contributed by atoms with Crippen molar-refractivity contribution in [1.29, 1.82) is 0 Å². The van der Waals surface area contributed by atoms with Crippen molar-refractivity contribution < 1.29 is 0 Å².